The second-order valence-electron chi connectivity index (χ2n) is 2.27. The lowest BCUT2D eigenvalue weighted by Crippen LogP contribution is -2.12. The van der Waals surface area contributed by atoms with Crippen molar-refractivity contribution < 1.29 is 19.7 Å². The first-order valence-electron chi connectivity index (χ1n) is 3.29. The summed E-state index contributed by atoms with van der Waals surface area (Å²) >= 11 is 0. The van der Waals surface area contributed by atoms with E-state index in [0.29, 0.717) is 0 Å². The maximum atomic E-state index is 10.6. The Morgan fingerprint density at radius 3 is 2.58 bits per heavy atom. The van der Waals surface area contributed by atoms with E-state index in [1.54, 1.807) is 0 Å². The zero-order valence-electron chi connectivity index (χ0n) is 6.06. The van der Waals surface area contributed by atoms with Crippen molar-refractivity contribution in [3.05, 3.63) is 16.4 Å². The lowest BCUT2D eigenvalue weighted by atomic mass is 10.2. The van der Waals surface area contributed by atoms with Crippen molar-refractivity contribution in [3.63, 3.8) is 0 Å². The van der Waals surface area contributed by atoms with Crippen molar-refractivity contribution >= 4 is 5.97 Å². The van der Waals surface area contributed by atoms with Gasteiger partial charge in [-0.2, -0.15) is 4.91 Å². The molecule has 0 amide bonds. The molecule has 0 aliphatic carbocycles. The molecular weight excluding hydrogens is 166 g/mol. The van der Waals surface area contributed by atoms with Gasteiger partial charge in [-0.15, -0.1) is 0 Å². The minimum atomic E-state index is -0.969. The lowest BCUT2D eigenvalue weighted by molar-refractivity contribution is -0.142. The monoisotopic (exact) mass is 173 g/mol. The van der Waals surface area contributed by atoms with E-state index in [9.17, 15) is 9.70 Å². The summed E-state index contributed by atoms with van der Waals surface area (Å²) in [5.41, 5.74) is 0. The molecule has 6 nitrogen and oxygen atoms in total. The first kappa shape index (κ1) is 8.51. The van der Waals surface area contributed by atoms with Crippen molar-refractivity contribution in [2.45, 2.75) is 12.5 Å². The van der Waals surface area contributed by atoms with Crippen LogP contribution in [-0.2, 0) is 9.53 Å². The Bertz CT molecular complexity index is 246. The molecule has 0 aromatic carbocycles. The number of nitroso groups, excluding NO2 is 1. The SMILES string of the molecule is O=NCCC1OC(=O)C(O)=C1O. The highest BCUT2D eigenvalue weighted by atomic mass is 16.6. The molecule has 1 rings (SSSR count). The molecule has 0 aromatic heterocycles. The van der Waals surface area contributed by atoms with E-state index in [4.69, 9.17) is 10.2 Å². The maximum absolute atomic E-state index is 10.6. The molecule has 1 unspecified atom stereocenters. The van der Waals surface area contributed by atoms with Gasteiger partial charge in [-0.3, -0.25) is 0 Å². The average Bonchev–Trinajstić information content (AvgIpc) is 2.30. The molecule has 0 saturated heterocycles. The summed E-state index contributed by atoms with van der Waals surface area (Å²) in [6.07, 6.45) is -0.833. The summed E-state index contributed by atoms with van der Waals surface area (Å²) in [4.78, 5) is 20.2. The highest BCUT2D eigenvalue weighted by molar-refractivity contribution is 5.88. The molecule has 1 aliphatic rings. The van der Waals surface area contributed by atoms with Crippen LogP contribution in [0.3, 0.4) is 0 Å². The molecular formula is C6H7NO5. The molecule has 0 fully saturated rings. The third-order valence-corrected chi connectivity index (χ3v) is 1.47. The van der Waals surface area contributed by atoms with Crippen LogP contribution >= 0.6 is 0 Å². The van der Waals surface area contributed by atoms with Crippen LogP contribution in [0.5, 0.6) is 0 Å². The van der Waals surface area contributed by atoms with Gasteiger partial charge in [0.25, 0.3) is 0 Å². The molecule has 0 spiro atoms. The van der Waals surface area contributed by atoms with E-state index >= 15 is 0 Å². The number of ether oxygens (including phenoxy) is 1. The van der Waals surface area contributed by atoms with E-state index in [0.717, 1.165) is 0 Å². The fraction of sp³-hybridized carbons (Fsp3) is 0.500. The number of hydrogen-bond acceptors (Lipinski definition) is 6. The molecule has 12 heavy (non-hydrogen) atoms. The smallest absolute Gasteiger partial charge is 0.377 e. The Morgan fingerprint density at radius 1 is 1.50 bits per heavy atom. The number of carbonyl (C=O) groups is 1. The molecule has 1 aliphatic heterocycles. The van der Waals surface area contributed by atoms with Gasteiger partial charge in [-0.05, 0) is 0 Å². The maximum Gasteiger partial charge on any atom is 0.377 e. The Hall–Kier alpha value is -1.59. The molecule has 1 atom stereocenters. The van der Waals surface area contributed by atoms with Crippen LogP contribution in [0.25, 0.3) is 0 Å². The summed E-state index contributed by atoms with van der Waals surface area (Å²) in [7, 11) is 0. The van der Waals surface area contributed by atoms with E-state index in [2.05, 4.69) is 9.91 Å². The highest BCUT2D eigenvalue weighted by Crippen LogP contribution is 2.20. The molecule has 66 valence electrons. The van der Waals surface area contributed by atoms with Crippen LogP contribution in [-0.4, -0.2) is 28.8 Å². The van der Waals surface area contributed by atoms with Gasteiger partial charge in [0.1, 0.15) is 0 Å². The molecule has 1 heterocycles. The third kappa shape index (κ3) is 1.36. The predicted molar refractivity (Wildman–Crippen MR) is 37.4 cm³/mol. The average molecular weight is 173 g/mol. The topological polar surface area (TPSA) is 96.2 Å². The summed E-state index contributed by atoms with van der Waals surface area (Å²) in [5, 5.41) is 20.3. The zero-order valence-corrected chi connectivity index (χ0v) is 6.06. The lowest BCUT2D eigenvalue weighted by Gasteiger charge is -2.05. The predicted octanol–water partition coefficient (Wildman–Crippen LogP) is 0.396. The summed E-state index contributed by atoms with van der Waals surface area (Å²) in [6.45, 7) is -0.0741. The van der Waals surface area contributed by atoms with E-state index in [1.807, 2.05) is 0 Å². The number of aliphatic hydroxyl groups excluding tert-OH is 2. The van der Waals surface area contributed by atoms with Crippen molar-refractivity contribution in [1.82, 2.24) is 0 Å². The van der Waals surface area contributed by atoms with Crippen LogP contribution in [0.1, 0.15) is 6.42 Å². The Kier molecular flexibility index (Phi) is 2.27. The molecule has 2 N–H and O–H groups in total. The van der Waals surface area contributed by atoms with Gasteiger partial charge in [0.2, 0.25) is 5.76 Å². The second-order valence-corrected chi connectivity index (χ2v) is 2.27. The standard InChI is InChI=1S/C6H7NO5/c8-4-3(1-2-7-11)12-6(10)5(4)9/h3,8-9H,1-2H2. The quantitative estimate of drug-likeness (QED) is 0.475. The number of nitrogens with zero attached hydrogens (tertiary/aromatic N) is 1. The normalized spacial score (nSPS) is 22.7. The van der Waals surface area contributed by atoms with Crippen LogP contribution in [0.2, 0.25) is 0 Å². The fourth-order valence-corrected chi connectivity index (χ4v) is 0.863. The molecule has 0 aromatic rings. The van der Waals surface area contributed by atoms with E-state index in [1.165, 1.54) is 0 Å². The van der Waals surface area contributed by atoms with Gasteiger partial charge >= 0.3 is 5.97 Å². The van der Waals surface area contributed by atoms with Gasteiger partial charge in [0.05, 0.1) is 6.54 Å². The van der Waals surface area contributed by atoms with Gasteiger partial charge < -0.3 is 14.9 Å². The minimum absolute atomic E-state index is 0.0741. The number of rotatable bonds is 3. The number of hydrogen-bond donors (Lipinski definition) is 2. The van der Waals surface area contributed by atoms with Crippen molar-refractivity contribution in [2.24, 2.45) is 5.18 Å². The van der Waals surface area contributed by atoms with Crippen LogP contribution < -0.4 is 0 Å². The fourth-order valence-electron chi connectivity index (χ4n) is 0.863. The molecule has 0 radical (unpaired) electrons. The van der Waals surface area contributed by atoms with Gasteiger partial charge in [0.15, 0.2) is 11.9 Å². The Morgan fingerprint density at radius 2 is 2.17 bits per heavy atom. The number of carbonyl (C=O) groups excluding carboxylic acids is 1. The number of aliphatic hydroxyl groups is 2. The van der Waals surface area contributed by atoms with E-state index < -0.39 is 23.6 Å². The van der Waals surface area contributed by atoms with Gasteiger partial charge in [-0.1, -0.05) is 5.18 Å². The first-order valence-corrected chi connectivity index (χ1v) is 3.29. The van der Waals surface area contributed by atoms with Crippen LogP contribution in [0, 0.1) is 4.91 Å². The second kappa shape index (κ2) is 3.21. The summed E-state index contributed by atoms with van der Waals surface area (Å²) < 4.78 is 4.48. The summed E-state index contributed by atoms with van der Waals surface area (Å²) in [6, 6.07) is 0. The van der Waals surface area contributed by atoms with E-state index in [-0.39, 0.29) is 13.0 Å². The van der Waals surface area contributed by atoms with Crippen LogP contribution in [0.4, 0.5) is 0 Å². The zero-order chi connectivity index (χ0) is 9.14. The van der Waals surface area contributed by atoms with Gasteiger partial charge in [0, 0.05) is 6.42 Å². The van der Waals surface area contributed by atoms with Crippen molar-refractivity contribution in [2.75, 3.05) is 6.54 Å². The number of cyclic esters (lactones) is 1. The van der Waals surface area contributed by atoms with Crippen LogP contribution in [0.15, 0.2) is 16.7 Å². The largest absolute Gasteiger partial charge is 0.505 e. The number of esters is 1. The molecule has 0 bridgehead atoms. The third-order valence-electron chi connectivity index (χ3n) is 1.47. The Balaban J connectivity index is 2.60. The molecule has 0 saturated carbocycles. The van der Waals surface area contributed by atoms with Gasteiger partial charge in [-0.25, -0.2) is 4.79 Å². The molecule has 6 heteroatoms. The highest BCUT2D eigenvalue weighted by Gasteiger charge is 2.33. The summed E-state index contributed by atoms with van der Waals surface area (Å²) in [5.74, 6) is -2.28. The minimum Gasteiger partial charge on any atom is -0.505 e. The van der Waals surface area contributed by atoms with Crippen molar-refractivity contribution in [3.8, 4) is 0 Å². The Labute approximate surface area is 67.4 Å². The first-order chi connectivity index (χ1) is 5.66. The van der Waals surface area contributed by atoms with Crippen molar-refractivity contribution in [1.29, 1.82) is 0 Å².